The van der Waals surface area contributed by atoms with Crippen LogP contribution in [0.25, 0.3) is 0 Å². The zero-order valence-corrected chi connectivity index (χ0v) is 8.88. The van der Waals surface area contributed by atoms with Gasteiger partial charge in [0.05, 0.1) is 0 Å². The maximum absolute atomic E-state index is 5.40. The van der Waals surface area contributed by atoms with Gasteiger partial charge in [0.25, 0.3) is 5.95 Å². The third kappa shape index (κ3) is 1.66. The molecule has 1 heterocycles. The Hall–Kier alpha value is -1.06. The number of aromatic nitrogens is 2. The Morgan fingerprint density at radius 3 is 2.00 bits per heavy atom. The number of hydrogen-bond donors (Lipinski definition) is 1. The second-order valence-corrected chi connectivity index (χ2v) is 4.83. The van der Waals surface area contributed by atoms with Gasteiger partial charge in [-0.3, -0.25) is 0 Å². The molecule has 1 aromatic rings. The number of nitrogens with zero attached hydrogens (tertiary/aromatic N) is 2. The lowest BCUT2D eigenvalue weighted by Crippen LogP contribution is -2.34. The molecule has 2 N–H and O–H groups in total. The Bertz CT molecular complexity index is 296. The quantitative estimate of drug-likeness (QED) is 0.723. The molecule has 0 amide bonds. The van der Waals surface area contributed by atoms with Crippen molar-refractivity contribution in [3.63, 3.8) is 0 Å². The highest BCUT2D eigenvalue weighted by atomic mass is 16.5. The first kappa shape index (κ1) is 10.0. The van der Waals surface area contributed by atoms with E-state index in [4.69, 9.17) is 10.3 Å². The second-order valence-electron chi connectivity index (χ2n) is 4.83. The van der Waals surface area contributed by atoms with Crippen LogP contribution < -0.4 is 5.73 Å². The van der Waals surface area contributed by atoms with Crippen molar-refractivity contribution in [2.45, 2.75) is 40.0 Å². The molecular weight excluding hydrogens is 166 g/mol. The lowest BCUT2D eigenvalue weighted by atomic mass is 9.69. The first-order valence-electron chi connectivity index (χ1n) is 4.35. The zero-order chi connectivity index (χ0) is 10.3. The minimum atomic E-state index is -0.169. The van der Waals surface area contributed by atoms with Crippen LogP contribution in [0.1, 0.15) is 40.5 Å². The van der Waals surface area contributed by atoms with Crippen molar-refractivity contribution in [1.29, 1.82) is 0 Å². The van der Waals surface area contributed by atoms with E-state index in [-0.39, 0.29) is 16.8 Å². The van der Waals surface area contributed by atoms with Gasteiger partial charge in [-0.25, -0.2) is 0 Å². The summed E-state index contributed by atoms with van der Waals surface area (Å²) in [7, 11) is 0. The molecule has 0 fully saturated rings. The Morgan fingerprint density at radius 1 is 1.15 bits per heavy atom. The standard InChI is InChI=1S/C9H17N3O/c1-8(2,3)9(4,5)6-11-7(10)12-13-6/h1-5H3,(H2,10,12). The van der Waals surface area contributed by atoms with Gasteiger partial charge >= 0.3 is 0 Å². The lowest BCUT2D eigenvalue weighted by molar-refractivity contribution is 0.168. The maximum atomic E-state index is 5.40. The largest absolute Gasteiger partial charge is 0.365 e. The van der Waals surface area contributed by atoms with Gasteiger partial charge in [-0.05, 0) is 10.6 Å². The maximum Gasteiger partial charge on any atom is 0.260 e. The van der Waals surface area contributed by atoms with Gasteiger partial charge < -0.3 is 10.3 Å². The van der Waals surface area contributed by atoms with Crippen molar-refractivity contribution in [3.05, 3.63) is 5.89 Å². The topological polar surface area (TPSA) is 64.9 Å². The van der Waals surface area contributed by atoms with Gasteiger partial charge in [0.15, 0.2) is 0 Å². The highest BCUT2D eigenvalue weighted by Gasteiger charge is 2.39. The Kier molecular flexibility index (Phi) is 2.10. The number of nitrogen functional groups attached to an aromatic ring is 1. The Morgan fingerprint density at radius 2 is 1.69 bits per heavy atom. The monoisotopic (exact) mass is 183 g/mol. The molecule has 0 spiro atoms. The molecule has 0 aliphatic rings. The molecule has 1 aromatic heterocycles. The smallest absolute Gasteiger partial charge is 0.260 e. The van der Waals surface area contributed by atoms with E-state index in [1.807, 2.05) is 0 Å². The molecule has 13 heavy (non-hydrogen) atoms. The summed E-state index contributed by atoms with van der Waals surface area (Å²) in [5.41, 5.74) is 5.30. The molecule has 0 saturated carbocycles. The summed E-state index contributed by atoms with van der Waals surface area (Å²) in [4.78, 5) is 4.05. The van der Waals surface area contributed by atoms with Crippen molar-refractivity contribution in [2.75, 3.05) is 5.73 Å². The second kappa shape index (κ2) is 2.72. The van der Waals surface area contributed by atoms with E-state index in [1.165, 1.54) is 0 Å². The SMILES string of the molecule is CC(C)(C)C(C)(C)c1nc(N)no1. The van der Waals surface area contributed by atoms with Crippen molar-refractivity contribution >= 4 is 5.95 Å². The van der Waals surface area contributed by atoms with E-state index < -0.39 is 0 Å². The number of hydrogen-bond acceptors (Lipinski definition) is 4. The normalized spacial score (nSPS) is 13.3. The zero-order valence-electron chi connectivity index (χ0n) is 8.88. The molecule has 0 radical (unpaired) electrons. The summed E-state index contributed by atoms with van der Waals surface area (Å²) >= 11 is 0. The molecule has 0 aliphatic heterocycles. The fourth-order valence-electron chi connectivity index (χ4n) is 0.810. The van der Waals surface area contributed by atoms with E-state index in [1.54, 1.807) is 0 Å². The third-order valence-corrected chi connectivity index (χ3v) is 2.85. The van der Waals surface area contributed by atoms with Crippen molar-refractivity contribution < 1.29 is 4.52 Å². The average molecular weight is 183 g/mol. The molecule has 4 nitrogen and oxygen atoms in total. The summed E-state index contributed by atoms with van der Waals surface area (Å²) in [6, 6.07) is 0. The minimum Gasteiger partial charge on any atom is -0.365 e. The Balaban J connectivity index is 3.07. The molecule has 0 aliphatic carbocycles. The summed E-state index contributed by atoms with van der Waals surface area (Å²) in [5.74, 6) is 0.796. The molecule has 1 rings (SSSR count). The van der Waals surface area contributed by atoms with E-state index in [0.29, 0.717) is 5.89 Å². The average Bonchev–Trinajstić information content (AvgIpc) is 2.33. The predicted octanol–water partition coefficient (Wildman–Crippen LogP) is 1.98. The van der Waals surface area contributed by atoms with Crippen LogP contribution in [0.15, 0.2) is 4.52 Å². The van der Waals surface area contributed by atoms with Crippen LogP contribution in [0.2, 0.25) is 0 Å². The van der Waals surface area contributed by atoms with Gasteiger partial charge in [-0.15, -0.1) is 0 Å². The summed E-state index contributed by atoms with van der Waals surface area (Å²) in [6.07, 6.45) is 0. The molecule has 0 bridgehead atoms. The number of rotatable bonds is 1. The number of anilines is 1. The summed E-state index contributed by atoms with van der Waals surface area (Å²) in [6.45, 7) is 10.5. The minimum absolute atomic E-state index is 0.0615. The van der Waals surface area contributed by atoms with Gasteiger partial charge in [-0.1, -0.05) is 34.6 Å². The first-order valence-corrected chi connectivity index (χ1v) is 4.35. The van der Waals surface area contributed by atoms with Crippen LogP contribution in [0.5, 0.6) is 0 Å². The van der Waals surface area contributed by atoms with E-state index in [0.717, 1.165) is 0 Å². The van der Waals surface area contributed by atoms with Gasteiger partial charge in [0.2, 0.25) is 5.89 Å². The van der Waals surface area contributed by atoms with E-state index in [9.17, 15) is 0 Å². The van der Waals surface area contributed by atoms with Gasteiger partial charge in [0, 0.05) is 5.41 Å². The van der Waals surface area contributed by atoms with Crippen LogP contribution in [-0.2, 0) is 5.41 Å². The van der Waals surface area contributed by atoms with Crippen molar-refractivity contribution in [2.24, 2.45) is 5.41 Å². The lowest BCUT2D eigenvalue weighted by Gasteiger charge is -2.35. The van der Waals surface area contributed by atoms with E-state index in [2.05, 4.69) is 44.8 Å². The van der Waals surface area contributed by atoms with Gasteiger partial charge in [0.1, 0.15) is 0 Å². The van der Waals surface area contributed by atoms with Crippen molar-refractivity contribution in [1.82, 2.24) is 10.1 Å². The highest BCUT2D eigenvalue weighted by molar-refractivity contribution is 5.16. The van der Waals surface area contributed by atoms with Crippen LogP contribution in [0.4, 0.5) is 5.95 Å². The molecule has 0 saturated heterocycles. The first-order chi connectivity index (χ1) is 5.75. The van der Waals surface area contributed by atoms with Crippen LogP contribution in [-0.4, -0.2) is 10.1 Å². The molecule has 4 heteroatoms. The predicted molar refractivity (Wildman–Crippen MR) is 51.2 cm³/mol. The van der Waals surface area contributed by atoms with E-state index >= 15 is 0 Å². The fourth-order valence-corrected chi connectivity index (χ4v) is 0.810. The number of nitrogens with two attached hydrogens (primary N) is 1. The molecule has 0 atom stereocenters. The fraction of sp³-hybridized carbons (Fsp3) is 0.778. The van der Waals surface area contributed by atoms with Gasteiger partial charge in [-0.2, -0.15) is 4.98 Å². The summed E-state index contributed by atoms with van der Waals surface area (Å²) < 4.78 is 5.07. The Labute approximate surface area is 78.5 Å². The molecule has 74 valence electrons. The van der Waals surface area contributed by atoms with Crippen LogP contribution in [0.3, 0.4) is 0 Å². The molecular formula is C9H17N3O. The third-order valence-electron chi connectivity index (χ3n) is 2.85. The van der Waals surface area contributed by atoms with Crippen molar-refractivity contribution in [3.8, 4) is 0 Å². The summed E-state index contributed by atoms with van der Waals surface area (Å²) in [5, 5.41) is 3.59. The van der Waals surface area contributed by atoms with Crippen LogP contribution in [0, 0.1) is 5.41 Å². The van der Waals surface area contributed by atoms with Crippen LogP contribution >= 0.6 is 0 Å². The molecule has 0 aromatic carbocycles. The molecule has 0 unspecified atom stereocenters. The highest BCUT2D eigenvalue weighted by Crippen LogP contribution is 2.39.